The van der Waals surface area contributed by atoms with Gasteiger partial charge in [0.15, 0.2) is 0 Å². The maximum atomic E-state index is 11.6. The fraction of sp³-hybridized carbons (Fsp3) is 0.500. The number of hydrogen-bond acceptors (Lipinski definition) is 7. The van der Waals surface area contributed by atoms with Gasteiger partial charge in [-0.2, -0.15) is 0 Å². The Bertz CT molecular complexity index is 727. The van der Waals surface area contributed by atoms with Crippen LogP contribution < -0.4 is 15.8 Å². The van der Waals surface area contributed by atoms with Gasteiger partial charge >= 0.3 is 12.2 Å². The zero-order chi connectivity index (χ0) is 20.5. The summed E-state index contributed by atoms with van der Waals surface area (Å²) in [6, 6.07) is 5.32. The van der Waals surface area contributed by atoms with Gasteiger partial charge in [0.05, 0.1) is 18.1 Å². The van der Waals surface area contributed by atoms with Gasteiger partial charge in [0, 0.05) is 12.2 Å². The molecule has 0 bridgehead atoms. The highest BCUT2D eigenvalue weighted by atomic mass is 32.2. The maximum absolute atomic E-state index is 11.6. The lowest BCUT2D eigenvalue weighted by Crippen LogP contribution is -2.34. The van der Waals surface area contributed by atoms with Gasteiger partial charge in [-0.15, -0.1) is 0 Å². The van der Waals surface area contributed by atoms with Gasteiger partial charge in [-0.3, -0.25) is 5.32 Å². The first kappa shape index (κ1) is 22.7. The van der Waals surface area contributed by atoms with Crippen LogP contribution in [0.5, 0.6) is 0 Å². The molecule has 1 aromatic rings. The topological polar surface area (TPSA) is 146 Å². The number of alkyl carbamates (subject to hydrolysis) is 1. The van der Waals surface area contributed by atoms with E-state index in [2.05, 4.69) is 10.6 Å². The Morgan fingerprint density at radius 3 is 2.22 bits per heavy atom. The number of primary sulfonamides is 1. The van der Waals surface area contributed by atoms with Crippen LogP contribution in [-0.4, -0.2) is 52.6 Å². The Balaban J connectivity index is 2.15. The van der Waals surface area contributed by atoms with Crippen LogP contribution in [-0.2, 0) is 24.2 Å². The fourth-order valence-electron chi connectivity index (χ4n) is 1.72. The molecule has 1 aromatic carbocycles. The van der Waals surface area contributed by atoms with Crippen molar-refractivity contribution in [3.8, 4) is 0 Å². The van der Waals surface area contributed by atoms with Gasteiger partial charge in [-0.1, -0.05) is 0 Å². The Hall–Kier alpha value is -2.37. The predicted octanol–water partition coefficient (Wildman–Crippen LogP) is 1.42. The quantitative estimate of drug-likeness (QED) is 0.556. The van der Waals surface area contributed by atoms with E-state index in [0.29, 0.717) is 5.69 Å². The molecule has 10 nitrogen and oxygen atoms in total. The third-order valence-electron chi connectivity index (χ3n) is 2.80. The maximum Gasteiger partial charge on any atom is 0.411 e. The van der Waals surface area contributed by atoms with Gasteiger partial charge < -0.3 is 19.5 Å². The molecule has 0 fully saturated rings. The van der Waals surface area contributed by atoms with Crippen molar-refractivity contribution < 1.29 is 32.2 Å². The Labute approximate surface area is 158 Å². The average molecular weight is 403 g/mol. The number of anilines is 1. The summed E-state index contributed by atoms with van der Waals surface area (Å²) in [4.78, 5) is 22.9. The number of benzene rings is 1. The van der Waals surface area contributed by atoms with E-state index in [9.17, 15) is 18.0 Å². The highest BCUT2D eigenvalue weighted by Crippen LogP contribution is 2.12. The SMILES string of the molecule is CC(C)(C)OC(=O)NCCOCCOC(=O)Nc1ccc(S(N)(=O)=O)cc1. The van der Waals surface area contributed by atoms with Crippen molar-refractivity contribution in [2.45, 2.75) is 31.3 Å². The molecule has 27 heavy (non-hydrogen) atoms. The first-order chi connectivity index (χ1) is 12.5. The lowest BCUT2D eigenvalue weighted by Gasteiger charge is -2.19. The van der Waals surface area contributed by atoms with E-state index in [1.165, 1.54) is 24.3 Å². The van der Waals surface area contributed by atoms with Crippen molar-refractivity contribution in [3.05, 3.63) is 24.3 Å². The van der Waals surface area contributed by atoms with Crippen LogP contribution >= 0.6 is 0 Å². The third kappa shape index (κ3) is 10.4. The summed E-state index contributed by atoms with van der Waals surface area (Å²) < 4.78 is 37.4. The number of nitrogens with one attached hydrogen (secondary N) is 2. The van der Waals surface area contributed by atoms with Crippen LogP contribution in [0.15, 0.2) is 29.2 Å². The Morgan fingerprint density at radius 2 is 1.67 bits per heavy atom. The molecule has 0 atom stereocenters. The molecule has 152 valence electrons. The number of amides is 2. The molecule has 0 saturated heterocycles. The molecule has 0 unspecified atom stereocenters. The molecule has 2 amide bonds. The zero-order valence-corrected chi connectivity index (χ0v) is 16.3. The van der Waals surface area contributed by atoms with Gasteiger partial charge in [0.2, 0.25) is 10.0 Å². The first-order valence-corrected chi connectivity index (χ1v) is 9.63. The summed E-state index contributed by atoms with van der Waals surface area (Å²) in [6.07, 6.45) is -1.25. The number of rotatable bonds is 8. The summed E-state index contributed by atoms with van der Waals surface area (Å²) in [5, 5.41) is 9.95. The summed E-state index contributed by atoms with van der Waals surface area (Å²) in [5.41, 5.74) is -0.208. The number of nitrogens with two attached hydrogens (primary N) is 1. The summed E-state index contributed by atoms with van der Waals surface area (Å²) in [6.45, 7) is 5.94. The van der Waals surface area contributed by atoms with Crippen molar-refractivity contribution >= 4 is 27.9 Å². The summed E-state index contributed by atoms with van der Waals surface area (Å²) in [7, 11) is -3.78. The van der Waals surface area contributed by atoms with E-state index in [1.807, 2.05) is 0 Å². The first-order valence-electron chi connectivity index (χ1n) is 8.08. The minimum Gasteiger partial charge on any atom is -0.447 e. The van der Waals surface area contributed by atoms with E-state index in [-0.39, 0.29) is 31.3 Å². The molecule has 11 heteroatoms. The Kier molecular flexibility index (Phi) is 8.47. The highest BCUT2D eigenvalue weighted by molar-refractivity contribution is 7.89. The second-order valence-corrected chi connectivity index (χ2v) is 7.93. The van der Waals surface area contributed by atoms with Crippen molar-refractivity contribution in [2.24, 2.45) is 5.14 Å². The molecule has 1 rings (SSSR count). The van der Waals surface area contributed by atoms with Crippen LogP contribution in [0.1, 0.15) is 20.8 Å². The zero-order valence-electron chi connectivity index (χ0n) is 15.5. The minimum atomic E-state index is -3.78. The molecular weight excluding hydrogens is 378 g/mol. The predicted molar refractivity (Wildman–Crippen MR) is 97.8 cm³/mol. The molecule has 0 saturated carbocycles. The molecule has 0 spiro atoms. The Morgan fingerprint density at radius 1 is 1.04 bits per heavy atom. The number of ether oxygens (including phenoxy) is 3. The van der Waals surface area contributed by atoms with Crippen LogP contribution in [0.4, 0.5) is 15.3 Å². The highest BCUT2D eigenvalue weighted by Gasteiger charge is 2.15. The smallest absolute Gasteiger partial charge is 0.411 e. The summed E-state index contributed by atoms with van der Waals surface area (Å²) >= 11 is 0. The third-order valence-corrected chi connectivity index (χ3v) is 3.73. The van der Waals surface area contributed by atoms with Crippen molar-refractivity contribution in [1.82, 2.24) is 5.32 Å². The molecule has 0 radical (unpaired) electrons. The van der Waals surface area contributed by atoms with Crippen LogP contribution in [0.2, 0.25) is 0 Å². The van der Waals surface area contributed by atoms with Crippen LogP contribution in [0, 0.1) is 0 Å². The number of carbonyl (C=O) groups excluding carboxylic acids is 2. The standard InChI is InChI=1S/C16H25N3O7S/c1-16(2,3)26-14(20)18-8-9-24-10-11-25-15(21)19-12-4-6-13(7-5-12)27(17,22)23/h4-7H,8-11H2,1-3H3,(H,18,20)(H,19,21)(H2,17,22,23). The molecule has 0 aromatic heterocycles. The average Bonchev–Trinajstić information content (AvgIpc) is 2.52. The van der Waals surface area contributed by atoms with Gasteiger partial charge in [-0.25, -0.2) is 23.1 Å². The molecule has 0 heterocycles. The number of sulfonamides is 1. The number of carbonyl (C=O) groups is 2. The van der Waals surface area contributed by atoms with E-state index >= 15 is 0 Å². The largest absolute Gasteiger partial charge is 0.447 e. The molecule has 0 aliphatic carbocycles. The molecule has 0 aliphatic heterocycles. The normalized spacial score (nSPS) is 11.6. The van der Waals surface area contributed by atoms with Crippen molar-refractivity contribution in [1.29, 1.82) is 0 Å². The van der Waals surface area contributed by atoms with Crippen molar-refractivity contribution in [2.75, 3.05) is 31.7 Å². The monoisotopic (exact) mass is 403 g/mol. The van der Waals surface area contributed by atoms with Gasteiger partial charge in [0.1, 0.15) is 12.2 Å². The minimum absolute atomic E-state index is 0.00747. The van der Waals surface area contributed by atoms with Crippen LogP contribution in [0.25, 0.3) is 0 Å². The fourth-order valence-corrected chi connectivity index (χ4v) is 2.23. The van der Waals surface area contributed by atoms with Gasteiger partial charge in [-0.05, 0) is 45.0 Å². The second-order valence-electron chi connectivity index (χ2n) is 6.37. The van der Waals surface area contributed by atoms with E-state index in [0.717, 1.165) is 0 Å². The second kappa shape index (κ2) is 10.1. The van der Waals surface area contributed by atoms with E-state index in [1.54, 1.807) is 20.8 Å². The summed E-state index contributed by atoms with van der Waals surface area (Å²) in [5.74, 6) is 0. The van der Waals surface area contributed by atoms with E-state index in [4.69, 9.17) is 19.3 Å². The van der Waals surface area contributed by atoms with Crippen molar-refractivity contribution in [3.63, 3.8) is 0 Å². The molecule has 4 N–H and O–H groups in total. The van der Waals surface area contributed by atoms with Gasteiger partial charge in [0.25, 0.3) is 0 Å². The van der Waals surface area contributed by atoms with Crippen LogP contribution in [0.3, 0.4) is 0 Å². The number of hydrogen-bond donors (Lipinski definition) is 3. The lowest BCUT2D eigenvalue weighted by atomic mass is 10.2. The van der Waals surface area contributed by atoms with E-state index < -0.39 is 27.8 Å². The molecular formula is C16H25N3O7S. The lowest BCUT2D eigenvalue weighted by molar-refractivity contribution is 0.0478. The molecule has 0 aliphatic rings.